The molecule has 0 saturated heterocycles. The molecular weight excluding hydrogens is 180 g/mol. The number of aromatic nitrogens is 5. The Morgan fingerprint density at radius 2 is 2.43 bits per heavy atom. The number of rotatable bonds is 3. The second-order valence-electron chi connectivity index (χ2n) is 3.05. The normalized spacial score (nSPS) is 10.4. The van der Waals surface area contributed by atoms with Crippen LogP contribution in [0.2, 0.25) is 0 Å². The van der Waals surface area contributed by atoms with Gasteiger partial charge in [0.1, 0.15) is 0 Å². The van der Waals surface area contributed by atoms with E-state index in [1.165, 1.54) is 0 Å². The third kappa shape index (κ3) is 1.54. The van der Waals surface area contributed by atoms with Crippen molar-refractivity contribution in [2.45, 2.75) is 6.92 Å². The summed E-state index contributed by atoms with van der Waals surface area (Å²) in [5, 5.41) is 14.3. The molecule has 2 rings (SSSR count). The van der Waals surface area contributed by atoms with Gasteiger partial charge >= 0.3 is 0 Å². The van der Waals surface area contributed by atoms with Crippen LogP contribution in [0.5, 0.6) is 0 Å². The fourth-order valence-corrected chi connectivity index (χ4v) is 1.04. The van der Waals surface area contributed by atoms with Crippen molar-refractivity contribution in [3.8, 4) is 0 Å². The van der Waals surface area contributed by atoms with Crippen LogP contribution in [0.1, 0.15) is 6.92 Å². The molecule has 0 spiro atoms. The van der Waals surface area contributed by atoms with Crippen molar-refractivity contribution in [1.29, 1.82) is 0 Å². The van der Waals surface area contributed by atoms with E-state index in [4.69, 9.17) is 0 Å². The molecule has 6 heteroatoms. The largest absolute Gasteiger partial charge is 0.365 e. The molecule has 1 N–H and O–H groups in total. The maximum Gasteiger partial charge on any atom is 0.199 e. The van der Waals surface area contributed by atoms with Crippen LogP contribution in [-0.2, 0) is 0 Å². The number of fused-ring (bicyclic) bond motifs is 1. The number of tetrazole rings is 1. The highest BCUT2D eigenvalue weighted by molar-refractivity contribution is 5.44. The van der Waals surface area contributed by atoms with Crippen LogP contribution in [-0.4, -0.2) is 31.6 Å². The fourth-order valence-electron chi connectivity index (χ4n) is 1.04. The van der Waals surface area contributed by atoms with Gasteiger partial charge in [-0.05, 0) is 17.4 Å². The van der Waals surface area contributed by atoms with Gasteiger partial charge in [0, 0.05) is 6.54 Å². The van der Waals surface area contributed by atoms with Gasteiger partial charge in [0.25, 0.3) is 0 Å². The quantitative estimate of drug-likeness (QED) is 0.714. The molecule has 2 aromatic heterocycles. The molecule has 72 valence electrons. The van der Waals surface area contributed by atoms with Crippen molar-refractivity contribution in [2.75, 3.05) is 11.9 Å². The minimum Gasteiger partial charge on any atom is -0.365 e. The van der Waals surface area contributed by atoms with Gasteiger partial charge in [0.15, 0.2) is 11.5 Å². The smallest absolute Gasteiger partial charge is 0.199 e. The molecule has 0 aliphatic carbocycles. The molecule has 0 aromatic carbocycles. The summed E-state index contributed by atoms with van der Waals surface area (Å²) in [6, 6.07) is 0. The number of hydrogen-bond donors (Lipinski definition) is 1. The summed E-state index contributed by atoms with van der Waals surface area (Å²) in [6.07, 6.45) is 3.28. The van der Waals surface area contributed by atoms with Crippen LogP contribution in [0, 0.1) is 0 Å². The lowest BCUT2D eigenvalue weighted by atomic mass is 10.3. The summed E-state index contributed by atoms with van der Waals surface area (Å²) >= 11 is 0. The maximum absolute atomic E-state index is 4.01. The minimum absolute atomic E-state index is 0.622. The van der Waals surface area contributed by atoms with Crippen molar-refractivity contribution < 1.29 is 0 Å². The van der Waals surface area contributed by atoms with E-state index < -0.39 is 0 Å². The predicted molar refractivity (Wildman–Crippen MR) is 51.9 cm³/mol. The van der Waals surface area contributed by atoms with Crippen LogP contribution in [0.3, 0.4) is 0 Å². The lowest BCUT2D eigenvalue weighted by Gasteiger charge is -2.05. The molecular formula is C8H10N6. The topological polar surface area (TPSA) is 68.0 Å². The molecule has 0 aliphatic rings. The molecule has 2 heterocycles. The van der Waals surface area contributed by atoms with Crippen LogP contribution >= 0.6 is 0 Å². The summed E-state index contributed by atoms with van der Waals surface area (Å²) in [7, 11) is 0. The van der Waals surface area contributed by atoms with E-state index in [0.29, 0.717) is 12.2 Å². The highest BCUT2D eigenvalue weighted by atomic mass is 15.5. The molecule has 14 heavy (non-hydrogen) atoms. The van der Waals surface area contributed by atoms with E-state index in [9.17, 15) is 0 Å². The van der Waals surface area contributed by atoms with Gasteiger partial charge in [-0.1, -0.05) is 12.2 Å². The lowest BCUT2D eigenvalue weighted by Crippen LogP contribution is -2.07. The Balaban J connectivity index is 2.32. The molecule has 0 amide bonds. The number of anilines is 1. The van der Waals surface area contributed by atoms with Crippen molar-refractivity contribution in [3.05, 3.63) is 24.5 Å². The lowest BCUT2D eigenvalue weighted by molar-refractivity contribution is 0.822. The summed E-state index contributed by atoms with van der Waals surface area (Å²) in [4.78, 5) is 4.01. The van der Waals surface area contributed by atoms with Crippen LogP contribution in [0.15, 0.2) is 24.5 Å². The zero-order valence-electron chi connectivity index (χ0n) is 7.80. The summed E-state index contributed by atoms with van der Waals surface area (Å²) in [5.74, 6) is 0.760. The highest BCUT2D eigenvalue weighted by Crippen LogP contribution is 2.05. The zero-order chi connectivity index (χ0) is 9.97. The van der Waals surface area contributed by atoms with Gasteiger partial charge in [-0.15, -0.1) is 5.10 Å². The van der Waals surface area contributed by atoms with Gasteiger partial charge in [-0.2, -0.15) is 4.52 Å². The van der Waals surface area contributed by atoms with Crippen LogP contribution in [0.25, 0.3) is 5.65 Å². The first-order valence-electron chi connectivity index (χ1n) is 4.18. The SMILES string of the molecule is C=C(C)CNc1cncc2nnnn12. The van der Waals surface area contributed by atoms with Crippen molar-refractivity contribution >= 4 is 11.5 Å². The monoisotopic (exact) mass is 190 g/mol. The van der Waals surface area contributed by atoms with Crippen LogP contribution < -0.4 is 5.32 Å². The average Bonchev–Trinajstić information content (AvgIpc) is 2.62. The standard InChI is InChI=1S/C8H10N6/c1-6(2)3-10-7-4-9-5-8-11-12-13-14(7)8/h4-5,10H,1,3H2,2H3. The second kappa shape index (κ2) is 3.41. The molecule has 2 aromatic rings. The molecule has 0 unspecified atom stereocenters. The maximum atomic E-state index is 4.01. The molecule has 0 saturated carbocycles. The second-order valence-corrected chi connectivity index (χ2v) is 3.05. The number of nitrogens with one attached hydrogen (secondary N) is 1. The van der Waals surface area contributed by atoms with Crippen molar-refractivity contribution in [2.24, 2.45) is 0 Å². The van der Waals surface area contributed by atoms with E-state index in [0.717, 1.165) is 11.4 Å². The molecule has 6 nitrogen and oxygen atoms in total. The zero-order valence-corrected chi connectivity index (χ0v) is 7.80. The summed E-state index contributed by atoms with van der Waals surface area (Å²) in [6.45, 7) is 6.42. The van der Waals surface area contributed by atoms with Crippen LogP contribution in [0.4, 0.5) is 5.82 Å². The Hall–Kier alpha value is -1.98. The predicted octanol–water partition coefficient (Wildman–Crippen LogP) is 0.507. The van der Waals surface area contributed by atoms with Gasteiger partial charge in [-0.25, -0.2) is 0 Å². The first kappa shape index (κ1) is 8.61. The Bertz CT molecular complexity index is 460. The molecule has 0 bridgehead atoms. The van der Waals surface area contributed by atoms with E-state index in [1.54, 1.807) is 16.9 Å². The highest BCUT2D eigenvalue weighted by Gasteiger charge is 2.02. The molecule has 0 aliphatic heterocycles. The minimum atomic E-state index is 0.622. The molecule has 0 atom stereocenters. The average molecular weight is 190 g/mol. The van der Waals surface area contributed by atoms with E-state index in [1.807, 2.05) is 6.92 Å². The Kier molecular flexibility index (Phi) is 2.10. The summed E-state index contributed by atoms with van der Waals surface area (Å²) < 4.78 is 1.59. The van der Waals surface area contributed by atoms with Crippen molar-refractivity contribution in [3.63, 3.8) is 0 Å². The van der Waals surface area contributed by atoms with Crippen molar-refractivity contribution in [1.82, 2.24) is 25.0 Å². The molecule has 0 radical (unpaired) electrons. The summed E-state index contributed by atoms with van der Waals surface area (Å²) in [5.41, 5.74) is 1.66. The van der Waals surface area contributed by atoms with Gasteiger partial charge in [0.05, 0.1) is 12.4 Å². The van der Waals surface area contributed by atoms with Gasteiger partial charge in [-0.3, -0.25) is 4.98 Å². The Labute approximate surface area is 80.7 Å². The third-order valence-electron chi connectivity index (χ3n) is 1.68. The van der Waals surface area contributed by atoms with E-state index in [2.05, 4.69) is 32.4 Å². The van der Waals surface area contributed by atoms with Gasteiger partial charge < -0.3 is 5.32 Å². The first-order chi connectivity index (χ1) is 6.77. The molecule has 0 fully saturated rings. The van der Waals surface area contributed by atoms with E-state index >= 15 is 0 Å². The van der Waals surface area contributed by atoms with Gasteiger partial charge in [0.2, 0.25) is 0 Å². The fraction of sp³-hybridized carbons (Fsp3) is 0.250. The number of hydrogen-bond acceptors (Lipinski definition) is 5. The Morgan fingerprint density at radius 1 is 1.57 bits per heavy atom. The third-order valence-corrected chi connectivity index (χ3v) is 1.68. The van der Waals surface area contributed by atoms with E-state index in [-0.39, 0.29) is 0 Å². The Morgan fingerprint density at radius 3 is 3.21 bits per heavy atom. The first-order valence-corrected chi connectivity index (χ1v) is 4.18. The number of nitrogens with zero attached hydrogens (tertiary/aromatic N) is 5.